The van der Waals surface area contributed by atoms with Gasteiger partial charge >= 0.3 is 12.4 Å². The first-order chi connectivity index (χ1) is 11.0. The monoisotopic (exact) mass is 386 g/mol. The van der Waals surface area contributed by atoms with E-state index in [9.17, 15) is 26.3 Å². The lowest BCUT2D eigenvalue weighted by atomic mass is 10.2. The lowest BCUT2D eigenvalue weighted by Crippen LogP contribution is -2.06. The lowest BCUT2D eigenvalue weighted by Gasteiger charge is -2.08. The van der Waals surface area contributed by atoms with Gasteiger partial charge in [-0.2, -0.15) is 26.3 Å². The van der Waals surface area contributed by atoms with Crippen LogP contribution < -0.4 is 0 Å². The molecule has 0 aliphatic carbocycles. The molecule has 0 aliphatic heterocycles. The molecule has 0 bridgehead atoms. The number of nitrogens with zero attached hydrogens (tertiary/aromatic N) is 2. The molecule has 24 heavy (non-hydrogen) atoms. The van der Waals surface area contributed by atoms with E-state index in [2.05, 4.69) is 9.97 Å². The summed E-state index contributed by atoms with van der Waals surface area (Å²) in [6.45, 7) is 0. The van der Waals surface area contributed by atoms with Gasteiger partial charge in [-0.25, -0.2) is 0 Å². The Morgan fingerprint density at radius 1 is 0.708 bits per heavy atom. The van der Waals surface area contributed by atoms with E-state index in [1.54, 1.807) is 0 Å². The minimum atomic E-state index is -4.59. The maximum Gasteiger partial charge on any atom is 0.417 e. The van der Waals surface area contributed by atoms with Gasteiger partial charge in [-0.3, -0.25) is 9.97 Å². The highest BCUT2D eigenvalue weighted by molar-refractivity contribution is 6.32. The predicted molar refractivity (Wildman–Crippen MR) is 77.4 cm³/mol. The number of hydrogen-bond donors (Lipinski definition) is 0. The molecular weight excluding hydrogens is 381 g/mol. The van der Waals surface area contributed by atoms with Crippen LogP contribution in [0.2, 0.25) is 10.0 Å². The molecule has 0 aromatic carbocycles. The van der Waals surface area contributed by atoms with Gasteiger partial charge in [0.15, 0.2) is 0 Å². The Labute approximate surface area is 141 Å². The van der Waals surface area contributed by atoms with Crippen molar-refractivity contribution in [3.8, 4) is 0 Å². The van der Waals surface area contributed by atoms with Crippen LogP contribution >= 0.6 is 23.2 Å². The average molecular weight is 387 g/mol. The Hall–Kier alpha value is -1.80. The number of pyridine rings is 2. The van der Waals surface area contributed by atoms with Gasteiger partial charge < -0.3 is 0 Å². The largest absolute Gasteiger partial charge is 0.417 e. The second-order valence-corrected chi connectivity index (χ2v) is 5.33. The molecule has 0 N–H and O–H groups in total. The van der Waals surface area contributed by atoms with E-state index >= 15 is 0 Å². The van der Waals surface area contributed by atoms with Crippen LogP contribution in [0.4, 0.5) is 26.3 Å². The van der Waals surface area contributed by atoms with Crippen molar-refractivity contribution in [3.63, 3.8) is 0 Å². The van der Waals surface area contributed by atoms with Crippen LogP contribution in [-0.4, -0.2) is 9.97 Å². The zero-order valence-corrected chi connectivity index (χ0v) is 12.9. The third-order valence-electron chi connectivity index (χ3n) is 2.79. The third kappa shape index (κ3) is 4.39. The summed E-state index contributed by atoms with van der Waals surface area (Å²) in [6.07, 6.45) is -5.59. The fourth-order valence-corrected chi connectivity index (χ4v) is 2.07. The maximum absolute atomic E-state index is 12.5. The number of alkyl halides is 6. The van der Waals surface area contributed by atoms with Crippen LogP contribution in [0.15, 0.2) is 24.5 Å². The van der Waals surface area contributed by atoms with Crippen LogP contribution in [0.5, 0.6) is 0 Å². The van der Waals surface area contributed by atoms with Crippen molar-refractivity contribution >= 4 is 35.4 Å². The summed E-state index contributed by atoms with van der Waals surface area (Å²) >= 11 is 11.4. The van der Waals surface area contributed by atoms with Crippen molar-refractivity contribution in [2.45, 2.75) is 12.4 Å². The molecule has 0 atom stereocenters. The van der Waals surface area contributed by atoms with E-state index in [0.29, 0.717) is 24.5 Å². The summed E-state index contributed by atoms with van der Waals surface area (Å²) in [5, 5.41) is -0.548. The van der Waals surface area contributed by atoms with Crippen LogP contribution in [0.25, 0.3) is 12.2 Å². The lowest BCUT2D eigenvalue weighted by molar-refractivity contribution is -0.138. The standard InChI is InChI=1S/C14H6Cl2F6N2/c15-9-3-7(13(17,18)19)5-23-11(9)1-2-12-10(16)4-8(6-24-12)14(20,21)22/h1-6H. The van der Waals surface area contributed by atoms with E-state index in [0.717, 1.165) is 0 Å². The van der Waals surface area contributed by atoms with Crippen molar-refractivity contribution in [2.75, 3.05) is 0 Å². The highest BCUT2D eigenvalue weighted by Gasteiger charge is 2.32. The number of hydrogen-bond acceptors (Lipinski definition) is 2. The first-order valence-corrected chi connectivity index (χ1v) is 6.87. The molecule has 0 radical (unpaired) electrons. The van der Waals surface area contributed by atoms with Gasteiger partial charge in [-0.05, 0) is 24.3 Å². The van der Waals surface area contributed by atoms with Crippen LogP contribution in [-0.2, 0) is 12.4 Å². The molecule has 0 unspecified atom stereocenters. The van der Waals surface area contributed by atoms with E-state index in [-0.39, 0.29) is 21.4 Å². The predicted octanol–water partition coefficient (Wildman–Crippen LogP) is 5.99. The summed E-state index contributed by atoms with van der Waals surface area (Å²) in [4.78, 5) is 7.11. The Morgan fingerprint density at radius 2 is 1.04 bits per heavy atom. The Balaban J connectivity index is 2.29. The maximum atomic E-state index is 12.5. The van der Waals surface area contributed by atoms with Crippen molar-refractivity contribution in [3.05, 3.63) is 57.1 Å². The van der Waals surface area contributed by atoms with E-state index < -0.39 is 23.5 Å². The SMILES string of the molecule is FC(F)(F)c1cnc(C=Cc2ncc(C(F)(F)F)cc2Cl)c(Cl)c1. The average Bonchev–Trinajstić information content (AvgIpc) is 2.45. The zero-order valence-electron chi connectivity index (χ0n) is 11.4. The fraction of sp³-hybridized carbons (Fsp3) is 0.143. The molecule has 0 fully saturated rings. The van der Waals surface area contributed by atoms with Gasteiger partial charge in [0, 0.05) is 12.4 Å². The summed E-state index contributed by atoms with van der Waals surface area (Å²) in [5.74, 6) is 0. The van der Waals surface area contributed by atoms with Crippen molar-refractivity contribution < 1.29 is 26.3 Å². The number of halogens is 8. The van der Waals surface area contributed by atoms with Crippen molar-refractivity contribution in [1.82, 2.24) is 9.97 Å². The van der Waals surface area contributed by atoms with E-state index in [4.69, 9.17) is 23.2 Å². The normalized spacial score (nSPS) is 12.8. The molecule has 2 aromatic heterocycles. The molecule has 10 heteroatoms. The van der Waals surface area contributed by atoms with Crippen molar-refractivity contribution in [2.24, 2.45) is 0 Å². The summed E-state index contributed by atoms with van der Waals surface area (Å²) in [6, 6.07) is 1.38. The Bertz CT molecular complexity index is 718. The first kappa shape index (κ1) is 18.5. The second-order valence-electron chi connectivity index (χ2n) is 4.51. The molecule has 0 saturated heterocycles. The molecule has 0 aliphatic rings. The Kier molecular flexibility index (Phi) is 5.10. The smallest absolute Gasteiger partial charge is 0.255 e. The highest BCUT2D eigenvalue weighted by atomic mass is 35.5. The third-order valence-corrected chi connectivity index (χ3v) is 3.40. The van der Waals surface area contributed by atoms with Crippen LogP contribution in [0, 0.1) is 0 Å². The molecular formula is C14H6Cl2F6N2. The highest BCUT2D eigenvalue weighted by Crippen LogP contribution is 2.33. The molecule has 2 aromatic rings. The molecule has 2 nitrogen and oxygen atoms in total. The van der Waals surface area contributed by atoms with Gasteiger partial charge in [0.25, 0.3) is 0 Å². The first-order valence-electron chi connectivity index (χ1n) is 6.12. The van der Waals surface area contributed by atoms with Gasteiger partial charge in [-0.15, -0.1) is 0 Å². The summed E-state index contributed by atoms with van der Waals surface area (Å²) < 4.78 is 75.0. The number of rotatable bonds is 2. The van der Waals surface area contributed by atoms with Gasteiger partial charge in [0.05, 0.1) is 32.6 Å². The summed E-state index contributed by atoms with van der Waals surface area (Å²) in [7, 11) is 0. The van der Waals surface area contributed by atoms with Crippen LogP contribution in [0.3, 0.4) is 0 Å². The molecule has 0 spiro atoms. The fourth-order valence-electron chi connectivity index (χ4n) is 1.61. The van der Waals surface area contributed by atoms with Gasteiger partial charge in [0.1, 0.15) is 0 Å². The summed E-state index contributed by atoms with van der Waals surface area (Å²) in [5.41, 5.74) is -2.06. The topological polar surface area (TPSA) is 25.8 Å². The number of aromatic nitrogens is 2. The minimum absolute atomic E-state index is 0.0116. The van der Waals surface area contributed by atoms with Gasteiger partial charge in [-0.1, -0.05) is 23.2 Å². The van der Waals surface area contributed by atoms with E-state index in [1.807, 2.05) is 0 Å². The zero-order chi connectivity index (χ0) is 18.1. The molecule has 0 amide bonds. The molecule has 2 rings (SSSR count). The van der Waals surface area contributed by atoms with E-state index in [1.165, 1.54) is 12.2 Å². The van der Waals surface area contributed by atoms with Crippen LogP contribution in [0.1, 0.15) is 22.5 Å². The van der Waals surface area contributed by atoms with Gasteiger partial charge in [0.2, 0.25) is 0 Å². The second kappa shape index (κ2) is 6.60. The van der Waals surface area contributed by atoms with Crippen molar-refractivity contribution in [1.29, 1.82) is 0 Å². The minimum Gasteiger partial charge on any atom is -0.255 e. The molecule has 128 valence electrons. The quantitative estimate of drug-likeness (QED) is 0.592. The molecule has 0 saturated carbocycles. The Morgan fingerprint density at radius 3 is 1.29 bits per heavy atom. The molecule has 2 heterocycles.